The van der Waals surface area contributed by atoms with Crippen LogP contribution >= 0.6 is 11.3 Å². The summed E-state index contributed by atoms with van der Waals surface area (Å²) >= 11 is 1.24. The highest BCUT2D eigenvalue weighted by Crippen LogP contribution is 2.23. The van der Waals surface area contributed by atoms with E-state index in [0.717, 1.165) is 24.5 Å². The van der Waals surface area contributed by atoms with Gasteiger partial charge in [-0.15, -0.1) is 0 Å². The fourth-order valence-corrected chi connectivity index (χ4v) is 2.54. The molecule has 0 amide bonds. The molecule has 1 aromatic heterocycles. The minimum absolute atomic E-state index is 0.211. The predicted molar refractivity (Wildman–Crippen MR) is 75.1 cm³/mol. The molecule has 1 atom stereocenters. The molecule has 0 bridgehead atoms. The van der Waals surface area contributed by atoms with Crippen molar-refractivity contribution >= 4 is 16.3 Å². The van der Waals surface area contributed by atoms with Crippen LogP contribution < -0.4 is 5.32 Å². The molecule has 5 nitrogen and oxygen atoms in total. The molecule has 0 aliphatic heterocycles. The van der Waals surface area contributed by atoms with Gasteiger partial charge in [0.15, 0.2) is 0 Å². The van der Waals surface area contributed by atoms with Crippen molar-refractivity contribution in [2.45, 2.75) is 33.4 Å². The predicted octanol–water partition coefficient (Wildman–Crippen LogP) is 2.48. The normalized spacial score (nSPS) is 12.9. The van der Waals surface area contributed by atoms with Gasteiger partial charge in [-0.1, -0.05) is 25.2 Å². The minimum Gasteiger partial charge on any atom is -0.308 e. The van der Waals surface area contributed by atoms with E-state index in [0.29, 0.717) is 12.6 Å². The average molecular weight is 271 g/mol. The molecule has 1 rings (SSSR count). The Labute approximate surface area is 112 Å². The van der Waals surface area contributed by atoms with E-state index in [1.807, 2.05) is 6.07 Å². The van der Waals surface area contributed by atoms with E-state index in [-0.39, 0.29) is 9.92 Å². The minimum atomic E-state index is -0.340. The van der Waals surface area contributed by atoms with Crippen molar-refractivity contribution in [2.24, 2.45) is 0 Å². The Morgan fingerprint density at radius 2 is 2.11 bits per heavy atom. The summed E-state index contributed by atoms with van der Waals surface area (Å²) in [5, 5.41) is 14.2. The van der Waals surface area contributed by atoms with E-state index in [4.69, 9.17) is 0 Å². The lowest BCUT2D eigenvalue weighted by atomic mass is 10.3. The molecule has 6 heteroatoms. The second kappa shape index (κ2) is 7.45. The van der Waals surface area contributed by atoms with Crippen molar-refractivity contribution in [3.05, 3.63) is 27.1 Å². The zero-order chi connectivity index (χ0) is 13.5. The van der Waals surface area contributed by atoms with Crippen molar-refractivity contribution < 1.29 is 4.92 Å². The molecule has 0 spiro atoms. The van der Waals surface area contributed by atoms with Crippen LogP contribution in [0.4, 0.5) is 5.00 Å². The van der Waals surface area contributed by atoms with Crippen LogP contribution in [0.5, 0.6) is 0 Å². The number of likely N-dealkylation sites (N-methyl/N-ethyl adjacent to an activating group) is 1. The van der Waals surface area contributed by atoms with Crippen LogP contribution in [0.1, 0.15) is 25.6 Å². The summed E-state index contributed by atoms with van der Waals surface area (Å²) in [5.41, 5.74) is 0. The maximum Gasteiger partial charge on any atom is 0.324 e. The van der Waals surface area contributed by atoms with E-state index in [2.05, 4.69) is 31.0 Å². The summed E-state index contributed by atoms with van der Waals surface area (Å²) < 4.78 is 0. The maximum absolute atomic E-state index is 10.6. The second-order valence-electron chi connectivity index (χ2n) is 4.26. The molecular formula is C12H21N3O2S. The summed E-state index contributed by atoms with van der Waals surface area (Å²) in [7, 11) is 0. The van der Waals surface area contributed by atoms with Crippen LogP contribution in [0.15, 0.2) is 12.1 Å². The highest BCUT2D eigenvalue weighted by molar-refractivity contribution is 7.15. The van der Waals surface area contributed by atoms with Gasteiger partial charge in [0, 0.05) is 30.1 Å². The van der Waals surface area contributed by atoms with Gasteiger partial charge in [-0.25, -0.2) is 0 Å². The van der Waals surface area contributed by atoms with E-state index in [1.165, 1.54) is 11.3 Å². The Hall–Kier alpha value is -0.980. The fraction of sp³-hybridized carbons (Fsp3) is 0.667. The van der Waals surface area contributed by atoms with Crippen molar-refractivity contribution in [3.8, 4) is 0 Å². The molecule has 1 unspecified atom stereocenters. The summed E-state index contributed by atoms with van der Waals surface area (Å²) in [6.45, 7) is 10.2. The van der Waals surface area contributed by atoms with Crippen molar-refractivity contribution in [2.75, 3.05) is 19.6 Å². The van der Waals surface area contributed by atoms with Gasteiger partial charge in [0.1, 0.15) is 0 Å². The Balaban J connectivity index is 2.37. The van der Waals surface area contributed by atoms with E-state index in [9.17, 15) is 10.1 Å². The second-order valence-corrected chi connectivity index (χ2v) is 5.41. The number of nitro groups is 1. The quantitative estimate of drug-likeness (QED) is 0.583. The molecule has 0 aromatic carbocycles. The lowest BCUT2D eigenvalue weighted by molar-refractivity contribution is -0.380. The number of nitrogens with one attached hydrogen (secondary N) is 1. The summed E-state index contributed by atoms with van der Waals surface area (Å²) in [4.78, 5) is 13.6. The lowest BCUT2D eigenvalue weighted by Gasteiger charge is -2.23. The Bertz CT molecular complexity index is 377. The summed E-state index contributed by atoms with van der Waals surface area (Å²) in [6.07, 6.45) is 0. The van der Waals surface area contributed by atoms with Crippen LogP contribution in [0.2, 0.25) is 0 Å². The number of hydrogen-bond acceptors (Lipinski definition) is 5. The molecule has 0 aliphatic carbocycles. The number of hydrogen-bond donors (Lipinski definition) is 1. The molecule has 0 saturated heterocycles. The van der Waals surface area contributed by atoms with Gasteiger partial charge in [0.2, 0.25) is 0 Å². The molecular weight excluding hydrogens is 250 g/mol. The molecule has 0 radical (unpaired) electrons. The van der Waals surface area contributed by atoms with Crippen molar-refractivity contribution in [1.82, 2.24) is 10.2 Å². The van der Waals surface area contributed by atoms with Crippen LogP contribution in [0, 0.1) is 10.1 Å². The van der Waals surface area contributed by atoms with Gasteiger partial charge >= 0.3 is 5.00 Å². The highest BCUT2D eigenvalue weighted by Gasteiger charge is 2.11. The zero-order valence-electron chi connectivity index (χ0n) is 11.2. The first-order valence-electron chi connectivity index (χ1n) is 6.25. The average Bonchev–Trinajstić information content (AvgIpc) is 2.82. The Morgan fingerprint density at radius 1 is 1.44 bits per heavy atom. The Morgan fingerprint density at radius 3 is 2.61 bits per heavy atom. The number of thiophene rings is 1. The number of rotatable bonds is 8. The van der Waals surface area contributed by atoms with Gasteiger partial charge in [-0.2, -0.15) is 0 Å². The van der Waals surface area contributed by atoms with Gasteiger partial charge in [0.05, 0.1) is 4.92 Å². The molecule has 1 heterocycles. The zero-order valence-corrected chi connectivity index (χ0v) is 12.0. The third kappa shape index (κ3) is 4.72. The molecule has 0 aliphatic rings. The van der Waals surface area contributed by atoms with Gasteiger partial charge in [-0.05, 0) is 26.1 Å². The lowest BCUT2D eigenvalue weighted by Crippen LogP contribution is -2.38. The largest absolute Gasteiger partial charge is 0.324 e. The van der Waals surface area contributed by atoms with Gasteiger partial charge < -0.3 is 10.2 Å². The molecule has 1 N–H and O–H groups in total. The molecule has 18 heavy (non-hydrogen) atoms. The smallest absolute Gasteiger partial charge is 0.308 e. The summed E-state index contributed by atoms with van der Waals surface area (Å²) in [6, 6.07) is 3.77. The fourth-order valence-electron chi connectivity index (χ4n) is 1.77. The molecule has 1 aromatic rings. The third-order valence-corrected chi connectivity index (χ3v) is 3.92. The van der Waals surface area contributed by atoms with Crippen LogP contribution in [0.25, 0.3) is 0 Å². The Kier molecular flexibility index (Phi) is 6.24. The van der Waals surface area contributed by atoms with E-state index in [1.54, 1.807) is 6.07 Å². The van der Waals surface area contributed by atoms with Crippen LogP contribution in [-0.4, -0.2) is 35.5 Å². The van der Waals surface area contributed by atoms with Crippen LogP contribution in [-0.2, 0) is 6.54 Å². The first-order chi connectivity index (χ1) is 8.56. The molecule has 102 valence electrons. The maximum atomic E-state index is 10.6. The van der Waals surface area contributed by atoms with Gasteiger partial charge in [-0.3, -0.25) is 10.1 Å². The van der Waals surface area contributed by atoms with Crippen molar-refractivity contribution in [1.29, 1.82) is 0 Å². The summed E-state index contributed by atoms with van der Waals surface area (Å²) in [5.74, 6) is 0. The van der Waals surface area contributed by atoms with Gasteiger partial charge in [0.25, 0.3) is 0 Å². The topological polar surface area (TPSA) is 58.4 Å². The molecule has 0 saturated carbocycles. The number of nitrogens with zero attached hydrogens (tertiary/aromatic N) is 2. The highest BCUT2D eigenvalue weighted by atomic mass is 32.1. The standard InChI is InChI=1S/C12H21N3O2S/c1-4-14(5-2)9-10(3)13-8-11-6-7-12(18-11)15(16)17/h6-7,10,13H,4-5,8-9H2,1-3H3. The third-order valence-electron chi connectivity index (χ3n) is 2.88. The first-order valence-corrected chi connectivity index (χ1v) is 7.07. The van der Waals surface area contributed by atoms with Crippen LogP contribution in [0.3, 0.4) is 0 Å². The van der Waals surface area contributed by atoms with Crippen molar-refractivity contribution in [3.63, 3.8) is 0 Å². The SMILES string of the molecule is CCN(CC)CC(C)NCc1ccc([N+](=O)[O-])s1. The first kappa shape index (κ1) is 15.1. The molecule has 0 fully saturated rings. The monoisotopic (exact) mass is 271 g/mol. The van der Waals surface area contributed by atoms with E-state index >= 15 is 0 Å². The van der Waals surface area contributed by atoms with E-state index < -0.39 is 0 Å².